The predicted molar refractivity (Wildman–Crippen MR) is 275 cm³/mol. The maximum absolute atomic E-state index is 10.9. The van der Waals surface area contributed by atoms with Crippen LogP contribution in [0.15, 0.2) is 0 Å². The molecule has 0 aromatic carbocycles. The van der Waals surface area contributed by atoms with E-state index in [0.717, 1.165) is 73.4 Å². The highest BCUT2D eigenvalue weighted by atomic mass is 33.1. The zero-order valence-electron chi connectivity index (χ0n) is 35.2. The summed E-state index contributed by atoms with van der Waals surface area (Å²) in [4.78, 5) is 53.5. The highest BCUT2D eigenvalue weighted by Crippen LogP contribution is 2.39. The van der Waals surface area contributed by atoms with Crippen LogP contribution in [0.2, 0.25) is 0 Å². The number of Topliss-reactive ketones (excluding diaryl/α,β-unsaturated/α-hetero) is 5. The van der Waals surface area contributed by atoms with E-state index >= 15 is 0 Å². The van der Waals surface area contributed by atoms with Crippen molar-refractivity contribution in [3.8, 4) is 0 Å². The van der Waals surface area contributed by atoms with Gasteiger partial charge in [0.05, 0.1) is 10.5 Å². The third-order valence-corrected chi connectivity index (χ3v) is 19.3. The molecule has 0 saturated carbocycles. The zero-order chi connectivity index (χ0) is 41.6. The van der Waals surface area contributed by atoms with Crippen LogP contribution in [0.4, 0.5) is 0 Å². The van der Waals surface area contributed by atoms with E-state index in [1.807, 2.05) is 74.9 Å². The second-order valence-corrected chi connectivity index (χ2v) is 24.7. The van der Waals surface area contributed by atoms with Gasteiger partial charge >= 0.3 is 0 Å². The number of unbranched alkanes of at least 4 members (excludes halogenated alkanes) is 1. The molecule has 0 N–H and O–H groups in total. The summed E-state index contributed by atoms with van der Waals surface area (Å²) in [7, 11) is 7.41. The van der Waals surface area contributed by atoms with Crippen LogP contribution in [0.3, 0.4) is 0 Å². The highest BCUT2D eigenvalue weighted by molar-refractivity contribution is 8.77. The van der Waals surface area contributed by atoms with Gasteiger partial charge in [-0.05, 0) is 147 Å². The van der Waals surface area contributed by atoms with Crippen molar-refractivity contribution in [3.05, 3.63) is 0 Å². The third kappa shape index (κ3) is 46.8. The van der Waals surface area contributed by atoms with Crippen molar-refractivity contribution in [1.29, 1.82) is 0 Å². The SMILES string of the molecule is C.CC(=O)C1CCSS1.CC(=O)CCC1CCSS1.CSCCC(CCC(C)=O)SC.CSCCC(CCCCC(C)=O)SC.CSCCC(SC)C(C)=O. The molecule has 5 nitrogen and oxygen atoms in total. The summed E-state index contributed by atoms with van der Waals surface area (Å²) in [5.41, 5.74) is 0. The van der Waals surface area contributed by atoms with Crippen LogP contribution in [0.1, 0.15) is 126 Å². The van der Waals surface area contributed by atoms with Crippen LogP contribution in [0.25, 0.3) is 0 Å². The topological polar surface area (TPSA) is 85.3 Å². The lowest BCUT2D eigenvalue weighted by Crippen LogP contribution is -2.13. The lowest BCUT2D eigenvalue weighted by Gasteiger charge is -2.12. The van der Waals surface area contributed by atoms with Crippen molar-refractivity contribution >= 4 is 143 Å². The van der Waals surface area contributed by atoms with Crippen LogP contribution in [0.5, 0.6) is 0 Å². The van der Waals surface area contributed by atoms with E-state index in [2.05, 4.69) is 31.3 Å². The quantitative estimate of drug-likeness (QED) is 0.0642. The second kappa shape index (κ2) is 46.9. The Bertz CT molecular complexity index is 932. The largest absolute Gasteiger partial charge is 0.300 e. The lowest BCUT2D eigenvalue weighted by molar-refractivity contribution is -0.117. The molecule has 0 aromatic rings. The average molecular weight is 960 g/mol. The Morgan fingerprint density at radius 2 is 1.05 bits per heavy atom. The molecule has 2 fully saturated rings. The summed E-state index contributed by atoms with van der Waals surface area (Å²) in [6.07, 6.45) is 26.6. The Labute approximate surface area is 381 Å². The Morgan fingerprint density at radius 3 is 1.42 bits per heavy atom. The van der Waals surface area contributed by atoms with Crippen LogP contribution in [-0.4, -0.2) is 121 Å². The van der Waals surface area contributed by atoms with Crippen LogP contribution >= 0.6 is 114 Å². The monoisotopic (exact) mass is 958 g/mol. The van der Waals surface area contributed by atoms with Gasteiger partial charge in [0.15, 0.2) is 0 Å². The van der Waals surface area contributed by atoms with Gasteiger partial charge in [0.25, 0.3) is 0 Å². The summed E-state index contributed by atoms with van der Waals surface area (Å²) < 4.78 is 0. The van der Waals surface area contributed by atoms with E-state index in [9.17, 15) is 24.0 Å². The maximum Gasteiger partial charge on any atom is 0.143 e. The Kier molecular flexibility index (Phi) is 54.1. The molecule has 5 atom stereocenters. The van der Waals surface area contributed by atoms with E-state index in [-0.39, 0.29) is 12.7 Å². The molecule has 0 aromatic heterocycles. The van der Waals surface area contributed by atoms with Crippen LogP contribution < -0.4 is 0 Å². The standard InChI is InChI=1S/C11H22OS2.C9H18OS2.C7H12OS2.C7H14OS2.C5H8OS2.CH4/c1-10(12)6-4-5-7-11(14-3)8-9-13-2;1-8(10)4-5-9(12-3)6-7-11-2;1-6(8)2-3-7-4-5-9-10-7;1-6(8)7(10-3)4-5-9-2;1-4(6)5-2-3-7-8-5;/h11H,4-9H2,1-3H3;9H,4-7H2,1-3H3;7H,2-5H2,1H3;7H,4-5H2,1-3H3;5H,2-3H2,1H3;1H4. The number of carbonyl (C=O) groups is 5. The first-order valence-corrected chi connectivity index (χ1v) is 31.6. The molecular formula is C40H78O5S10. The molecule has 0 spiro atoms. The summed E-state index contributed by atoms with van der Waals surface area (Å²) in [6, 6.07) is 0. The Morgan fingerprint density at radius 1 is 0.564 bits per heavy atom. The smallest absolute Gasteiger partial charge is 0.143 e. The fourth-order valence-electron chi connectivity index (χ4n) is 4.61. The number of rotatable bonds is 25. The molecule has 55 heavy (non-hydrogen) atoms. The van der Waals surface area contributed by atoms with E-state index in [1.54, 1.807) is 79.7 Å². The number of hydrogen-bond acceptors (Lipinski definition) is 15. The summed E-state index contributed by atoms with van der Waals surface area (Å²) in [5.74, 6) is 7.60. The van der Waals surface area contributed by atoms with Crippen LogP contribution in [0, 0.1) is 0 Å². The lowest BCUT2D eigenvalue weighted by atomic mass is 10.1. The van der Waals surface area contributed by atoms with Gasteiger partial charge < -0.3 is 14.4 Å². The third-order valence-electron chi connectivity index (χ3n) is 8.05. The summed E-state index contributed by atoms with van der Waals surface area (Å²) in [6.45, 7) is 8.36. The van der Waals surface area contributed by atoms with E-state index in [1.165, 1.54) is 49.4 Å². The molecule has 0 aliphatic carbocycles. The van der Waals surface area contributed by atoms with Gasteiger partial charge in [-0.2, -0.15) is 70.6 Å². The first-order valence-electron chi connectivity index (χ1n) is 18.8. The molecule has 15 heteroatoms. The van der Waals surface area contributed by atoms with Crippen molar-refractivity contribution in [2.45, 2.75) is 152 Å². The average Bonchev–Trinajstić information content (AvgIpc) is 3.88. The van der Waals surface area contributed by atoms with Crippen molar-refractivity contribution in [2.24, 2.45) is 0 Å². The van der Waals surface area contributed by atoms with Gasteiger partial charge in [0, 0.05) is 46.5 Å². The fraction of sp³-hybridized carbons (Fsp3) is 0.875. The van der Waals surface area contributed by atoms with E-state index < -0.39 is 0 Å². The molecule has 0 radical (unpaired) electrons. The minimum atomic E-state index is 0. The van der Waals surface area contributed by atoms with Crippen molar-refractivity contribution < 1.29 is 24.0 Å². The molecular weight excluding hydrogens is 881 g/mol. The number of carbonyl (C=O) groups excluding carboxylic acids is 5. The van der Waals surface area contributed by atoms with Gasteiger partial charge in [-0.15, -0.1) is 0 Å². The van der Waals surface area contributed by atoms with Crippen molar-refractivity contribution in [1.82, 2.24) is 0 Å². The minimum Gasteiger partial charge on any atom is -0.300 e. The predicted octanol–water partition coefficient (Wildman–Crippen LogP) is 13.4. The highest BCUT2D eigenvalue weighted by Gasteiger charge is 2.20. The molecule has 2 rings (SSSR count). The number of ketones is 5. The Balaban J connectivity index is -0.000000297. The molecule has 5 unspecified atom stereocenters. The van der Waals surface area contributed by atoms with Gasteiger partial charge in [-0.25, -0.2) is 0 Å². The van der Waals surface area contributed by atoms with Crippen molar-refractivity contribution in [3.63, 3.8) is 0 Å². The zero-order valence-corrected chi connectivity index (χ0v) is 43.4. The molecule has 328 valence electrons. The van der Waals surface area contributed by atoms with E-state index in [0.29, 0.717) is 39.4 Å². The molecule has 2 aliphatic heterocycles. The summed E-state index contributed by atoms with van der Waals surface area (Å²) >= 11 is 11.1. The Hall–Kier alpha value is 1.85. The van der Waals surface area contributed by atoms with Crippen LogP contribution in [-0.2, 0) is 24.0 Å². The van der Waals surface area contributed by atoms with Gasteiger partial charge in [0.2, 0.25) is 0 Å². The molecule has 2 aliphatic rings. The first kappa shape index (κ1) is 63.5. The summed E-state index contributed by atoms with van der Waals surface area (Å²) in [5, 5.41) is 2.78. The normalized spacial score (nSPS) is 17.1. The fourth-order valence-corrected chi connectivity index (χ4v) is 14.6. The van der Waals surface area contributed by atoms with Gasteiger partial charge in [-0.3, -0.25) is 9.59 Å². The first-order chi connectivity index (χ1) is 25.7. The molecule has 0 bridgehead atoms. The molecule has 0 amide bonds. The van der Waals surface area contributed by atoms with E-state index in [4.69, 9.17) is 0 Å². The maximum atomic E-state index is 10.9. The number of thioether (sulfide) groups is 6. The van der Waals surface area contributed by atoms with Crippen molar-refractivity contribution in [2.75, 3.05) is 66.3 Å². The number of hydrogen-bond donors (Lipinski definition) is 0. The minimum absolute atomic E-state index is 0. The molecule has 2 saturated heterocycles. The second-order valence-electron chi connectivity index (χ2n) is 13.0. The molecule has 2 heterocycles. The van der Waals surface area contributed by atoms with Gasteiger partial charge in [-0.1, -0.05) is 57.0 Å². The van der Waals surface area contributed by atoms with Gasteiger partial charge in [0.1, 0.15) is 28.9 Å².